The number of aliphatic carboxylic acids is 1. The van der Waals surface area contributed by atoms with Gasteiger partial charge in [0.25, 0.3) is 0 Å². The number of carboxylic acids is 1. The molecule has 0 aliphatic rings. The summed E-state index contributed by atoms with van der Waals surface area (Å²) in [7, 11) is 1.49. The third-order valence-electron chi connectivity index (χ3n) is 2.58. The third-order valence-corrected chi connectivity index (χ3v) is 2.58. The zero-order valence-corrected chi connectivity index (χ0v) is 10.3. The summed E-state index contributed by atoms with van der Waals surface area (Å²) in [5.41, 5.74) is 1.18. The lowest BCUT2D eigenvalue weighted by molar-refractivity contribution is -0.136. The Morgan fingerprint density at radius 2 is 2.12 bits per heavy atom. The van der Waals surface area contributed by atoms with Gasteiger partial charge in [0.2, 0.25) is 0 Å². The molecule has 0 radical (unpaired) electrons. The Bertz CT molecular complexity index is 413. The van der Waals surface area contributed by atoms with E-state index in [0.29, 0.717) is 23.3 Å². The summed E-state index contributed by atoms with van der Waals surface area (Å²) in [6.07, 6.45) is 0.296. The molecule has 1 aromatic rings. The van der Waals surface area contributed by atoms with Crippen LogP contribution in [0.25, 0.3) is 0 Å². The number of benzene rings is 1. The monoisotopic (exact) mass is 240 g/mol. The van der Waals surface area contributed by atoms with Gasteiger partial charge in [-0.15, -0.1) is 0 Å². The number of methoxy groups -OCH3 is 1. The van der Waals surface area contributed by atoms with Gasteiger partial charge >= 0.3 is 5.97 Å². The third kappa shape index (κ3) is 3.44. The molecule has 1 aromatic carbocycles. The molecule has 0 bridgehead atoms. The first-order valence-electron chi connectivity index (χ1n) is 5.53. The van der Waals surface area contributed by atoms with Gasteiger partial charge in [-0.2, -0.15) is 0 Å². The molecule has 0 fully saturated rings. The zero-order valence-electron chi connectivity index (χ0n) is 10.3. The van der Waals surface area contributed by atoms with Gasteiger partial charge in [0.1, 0.15) is 11.6 Å². The predicted molar refractivity (Wildman–Crippen MR) is 63.0 cm³/mol. The SMILES string of the molecule is COc1cc(CCC(=O)O)cc(F)c1C(C)C. The molecule has 0 saturated heterocycles. The largest absolute Gasteiger partial charge is 0.496 e. The molecule has 94 valence electrons. The van der Waals surface area contributed by atoms with E-state index in [1.807, 2.05) is 13.8 Å². The van der Waals surface area contributed by atoms with E-state index in [-0.39, 0.29) is 18.2 Å². The van der Waals surface area contributed by atoms with Crippen molar-refractivity contribution in [3.8, 4) is 5.75 Å². The number of hydrogen-bond acceptors (Lipinski definition) is 2. The van der Waals surface area contributed by atoms with Crippen molar-refractivity contribution >= 4 is 5.97 Å². The summed E-state index contributed by atoms with van der Waals surface area (Å²) in [6, 6.07) is 3.10. The lowest BCUT2D eigenvalue weighted by Crippen LogP contribution is -2.02. The van der Waals surface area contributed by atoms with Crippen molar-refractivity contribution in [2.75, 3.05) is 7.11 Å². The van der Waals surface area contributed by atoms with E-state index in [4.69, 9.17) is 9.84 Å². The van der Waals surface area contributed by atoms with Gasteiger partial charge < -0.3 is 9.84 Å². The van der Waals surface area contributed by atoms with Crippen LogP contribution in [0.4, 0.5) is 4.39 Å². The fraction of sp³-hybridized carbons (Fsp3) is 0.462. The molecule has 3 nitrogen and oxygen atoms in total. The van der Waals surface area contributed by atoms with Crippen molar-refractivity contribution in [1.82, 2.24) is 0 Å². The minimum Gasteiger partial charge on any atom is -0.496 e. The first-order valence-corrected chi connectivity index (χ1v) is 5.53. The molecule has 0 unspecified atom stereocenters. The number of aryl methyl sites for hydroxylation is 1. The van der Waals surface area contributed by atoms with Crippen molar-refractivity contribution in [2.45, 2.75) is 32.6 Å². The van der Waals surface area contributed by atoms with Gasteiger partial charge in [-0.25, -0.2) is 4.39 Å². The number of ether oxygens (including phenoxy) is 1. The van der Waals surface area contributed by atoms with Gasteiger partial charge in [-0.05, 0) is 30.0 Å². The van der Waals surface area contributed by atoms with Crippen LogP contribution in [-0.4, -0.2) is 18.2 Å². The highest BCUT2D eigenvalue weighted by molar-refractivity contribution is 5.67. The maximum Gasteiger partial charge on any atom is 0.303 e. The molecule has 1 N–H and O–H groups in total. The quantitative estimate of drug-likeness (QED) is 0.860. The second-order valence-electron chi connectivity index (χ2n) is 4.24. The topological polar surface area (TPSA) is 46.5 Å². The maximum atomic E-state index is 13.8. The number of carboxylic acid groups (broad SMARTS) is 1. The second-order valence-corrected chi connectivity index (χ2v) is 4.24. The standard InChI is InChI=1S/C13H17FO3/c1-8(2)13-10(14)6-9(4-5-12(15)16)7-11(13)17-3/h6-8H,4-5H2,1-3H3,(H,15,16). The summed E-state index contributed by atoms with van der Waals surface area (Å²) >= 11 is 0. The molecule has 0 spiro atoms. The van der Waals surface area contributed by atoms with E-state index in [0.717, 1.165) is 0 Å². The number of halogens is 1. The predicted octanol–water partition coefficient (Wildman–Crippen LogP) is 2.97. The average Bonchev–Trinajstić information content (AvgIpc) is 2.24. The number of hydrogen-bond donors (Lipinski definition) is 1. The summed E-state index contributed by atoms with van der Waals surface area (Å²) in [4.78, 5) is 10.5. The molecule has 0 atom stereocenters. The van der Waals surface area contributed by atoms with Gasteiger partial charge in [-0.1, -0.05) is 13.8 Å². The van der Waals surface area contributed by atoms with Crippen molar-refractivity contribution in [1.29, 1.82) is 0 Å². The highest BCUT2D eigenvalue weighted by atomic mass is 19.1. The van der Waals surface area contributed by atoms with Crippen molar-refractivity contribution in [3.63, 3.8) is 0 Å². The lowest BCUT2D eigenvalue weighted by atomic mass is 9.98. The second kappa shape index (κ2) is 5.66. The summed E-state index contributed by atoms with van der Waals surface area (Å²) in [6.45, 7) is 3.77. The van der Waals surface area contributed by atoms with E-state index in [2.05, 4.69) is 0 Å². The average molecular weight is 240 g/mol. The molecular weight excluding hydrogens is 223 g/mol. The van der Waals surface area contributed by atoms with Crippen LogP contribution in [0.2, 0.25) is 0 Å². The van der Waals surface area contributed by atoms with Gasteiger partial charge in [0, 0.05) is 12.0 Å². The Morgan fingerprint density at radius 1 is 1.47 bits per heavy atom. The Kier molecular flexibility index (Phi) is 4.49. The van der Waals surface area contributed by atoms with Crippen LogP contribution in [0, 0.1) is 5.82 Å². The summed E-state index contributed by atoms with van der Waals surface area (Å²) < 4.78 is 19.0. The van der Waals surface area contributed by atoms with Crippen molar-refractivity contribution in [3.05, 3.63) is 29.1 Å². The molecule has 0 saturated carbocycles. The van der Waals surface area contributed by atoms with Crippen molar-refractivity contribution in [2.24, 2.45) is 0 Å². The Morgan fingerprint density at radius 3 is 2.59 bits per heavy atom. The highest BCUT2D eigenvalue weighted by Crippen LogP contribution is 2.30. The minimum absolute atomic E-state index is 0.0103. The molecular formula is C13H17FO3. The Balaban J connectivity index is 3.04. The molecule has 0 aromatic heterocycles. The molecule has 0 heterocycles. The highest BCUT2D eigenvalue weighted by Gasteiger charge is 2.15. The molecule has 4 heteroatoms. The van der Waals surface area contributed by atoms with Gasteiger partial charge in [0.15, 0.2) is 0 Å². The fourth-order valence-corrected chi connectivity index (χ4v) is 1.77. The van der Waals surface area contributed by atoms with E-state index >= 15 is 0 Å². The van der Waals surface area contributed by atoms with Crippen LogP contribution in [-0.2, 0) is 11.2 Å². The zero-order chi connectivity index (χ0) is 13.0. The Hall–Kier alpha value is -1.58. The van der Waals surface area contributed by atoms with Gasteiger partial charge in [0.05, 0.1) is 7.11 Å². The van der Waals surface area contributed by atoms with E-state index in [9.17, 15) is 9.18 Å². The minimum atomic E-state index is -0.891. The molecule has 0 amide bonds. The lowest BCUT2D eigenvalue weighted by Gasteiger charge is -2.14. The van der Waals surface area contributed by atoms with E-state index in [1.165, 1.54) is 13.2 Å². The summed E-state index contributed by atoms with van der Waals surface area (Å²) in [5.74, 6) is -0.712. The van der Waals surface area contributed by atoms with Gasteiger partial charge in [-0.3, -0.25) is 4.79 Å². The number of rotatable bonds is 5. The normalized spacial score (nSPS) is 10.6. The smallest absolute Gasteiger partial charge is 0.303 e. The Labute approximate surface area is 100 Å². The first kappa shape index (κ1) is 13.5. The van der Waals surface area contributed by atoms with Crippen LogP contribution in [0.15, 0.2) is 12.1 Å². The van der Waals surface area contributed by atoms with Crippen LogP contribution in [0.3, 0.4) is 0 Å². The maximum absolute atomic E-state index is 13.8. The van der Waals surface area contributed by atoms with Crippen LogP contribution in [0.1, 0.15) is 37.3 Å². The van der Waals surface area contributed by atoms with E-state index in [1.54, 1.807) is 6.07 Å². The molecule has 1 rings (SSSR count). The number of carbonyl (C=O) groups is 1. The first-order chi connectivity index (χ1) is 7.95. The molecule has 0 aliphatic heterocycles. The van der Waals surface area contributed by atoms with E-state index < -0.39 is 5.97 Å². The van der Waals surface area contributed by atoms with Crippen molar-refractivity contribution < 1.29 is 19.0 Å². The van der Waals surface area contributed by atoms with Crippen LogP contribution >= 0.6 is 0 Å². The van der Waals surface area contributed by atoms with Crippen LogP contribution in [0.5, 0.6) is 5.75 Å². The molecule has 0 aliphatic carbocycles. The van der Waals surface area contributed by atoms with Crippen LogP contribution < -0.4 is 4.74 Å². The molecule has 17 heavy (non-hydrogen) atoms. The summed E-state index contributed by atoms with van der Waals surface area (Å²) in [5, 5.41) is 8.59. The fourth-order valence-electron chi connectivity index (χ4n) is 1.77.